The van der Waals surface area contributed by atoms with Gasteiger partial charge in [-0.2, -0.15) is 9.61 Å². The maximum atomic E-state index is 4.29. The molecule has 2 unspecified atom stereocenters. The van der Waals surface area contributed by atoms with Crippen molar-refractivity contribution in [3.8, 4) is 0 Å². The van der Waals surface area contributed by atoms with E-state index in [4.69, 9.17) is 0 Å². The van der Waals surface area contributed by atoms with Crippen LogP contribution in [0.3, 0.4) is 0 Å². The van der Waals surface area contributed by atoms with Crippen molar-refractivity contribution in [2.24, 2.45) is 0 Å². The zero-order valence-electron chi connectivity index (χ0n) is 12.9. The molecule has 21 heavy (non-hydrogen) atoms. The molecule has 2 aromatic heterocycles. The van der Waals surface area contributed by atoms with E-state index in [-0.39, 0.29) is 0 Å². The molecule has 7 nitrogen and oxygen atoms in total. The molecule has 1 aliphatic heterocycles. The number of hydrogen-bond donors (Lipinski definition) is 1. The van der Waals surface area contributed by atoms with E-state index in [1.165, 1.54) is 0 Å². The molecule has 1 saturated heterocycles. The van der Waals surface area contributed by atoms with Crippen molar-refractivity contribution in [2.45, 2.75) is 25.6 Å². The number of nitrogens with zero attached hydrogens (tertiary/aromatic N) is 6. The van der Waals surface area contributed by atoms with Crippen molar-refractivity contribution in [1.82, 2.24) is 34.9 Å². The molecule has 2 aromatic rings. The molecule has 0 spiro atoms. The van der Waals surface area contributed by atoms with Gasteiger partial charge in [0.1, 0.15) is 0 Å². The van der Waals surface area contributed by atoms with Crippen molar-refractivity contribution in [3.63, 3.8) is 0 Å². The van der Waals surface area contributed by atoms with Gasteiger partial charge in [0.25, 0.3) is 0 Å². The minimum absolute atomic E-state index is 0.383. The van der Waals surface area contributed by atoms with Crippen LogP contribution >= 0.6 is 0 Å². The van der Waals surface area contributed by atoms with Gasteiger partial charge in [0.2, 0.25) is 0 Å². The molecule has 0 radical (unpaired) electrons. The van der Waals surface area contributed by atoms with Gasteiger partial charge in [-0.25, -0.2) is 0 Å². The van der Waals surface area contributed by atoms with E-state index in [0.717, 1.165) is 31.1 Å². The number of piperazine rings is 1. The summed E-state index contributed by atoms with van der Waals surface area (Å²) in [6.07, 6.45) is 1.76. The first-order chi connectivity index (χ1) is 10.1. The summed E-state index contributed by atoms with van der Waals surface area (Å²) in [5, 5.41) is 16.2. The van der Waals surface area contributed by atoms with Crippen LogP contribution in [0.1, 0.15) is 12.7 Å². The standard InChI is InChI=1S/C14H23N7/c1-11(12-10-19(2)7-8-20(12)3)15-9-14-18-17-13-5-4-6-16-21(13)14/h4-6,11-12,15H,7-10H2,1-3H3. The highest BCUT2D eigenvalue weighted by atomic mass is 15.4. The fraction of sp³-hybridized carbons (Fsp3) is 0.643. The summed E-state index contributed by atoms with van der Waals surface area (Å²) in [5.41, 5.74) is 0.788. The Morgan fingerprint density at radius 3 is 3.05 bits per heavy atom. The Morgan fingerprint density at radius 1 is 1.33 bits per heavy atom. The van der Waals surface area contributed by atoms with Gasteiger partial charge in [-0.1, -0.05) is 0 Å². The summed E-state index contributed by atoms with van der Waals surface area (Å²) < 4.78 is 1.79. The molecule has 7 heteroatoms. The monoisotopic (exact) mass is 289 g/mol. The van der Waals surface area contributed by atoms with Crippen molar-refractivity contribution >= 4 is 5.65 Å². The molecule has 114 valence electrons. The molecular weight excluding hydrogens is 266 g/mol. The fourth-order valence-corrected chi connectivity index (χ4v) is 2.87. The maximum absolute atomic E-state index is 4.29. The van der Waals surface area contributed by atoms with E-state index in [2.05, 4.69) is 51.4 Å². The Balaban J connectivity index is 1.64. The van der Waals surface area contributed by atoms with E-state index in [0.29, 0.717) is 18.6 Å². The van der Waals surface area contributed by atoms with Gasteiger partial charge in [0, 0.05) is 37.9 Å². The number of fused-ring (bicyclic) bond motifs is 1. The van der Waals surface area contributed by atoms with Gasteiger partial charge in [-0.3, -0.25) is 4.90 Å². The molecule has 0 aliphatic carbocycles. The Kier molecular flexibility index (Phi) is 4.14. The number of rotatable bonds is 4. The van der Waals surface area contributed by atoms with E-state index >= 15 is 0 Å². The number of likely N-dealkylation sites (N-methyl/N-ethyl adjacent to an activating group) is 2. The quantitative estimate of drug-likeness (QED) is 0.844. The lowest BCUT2D eigenvalue weighted by Gasteiger charge is -2.41. The summed E-state index contributed by atoms with van der Waals surface area (Å²) in [6, 6.07) is 4.68. The van der Waals surface area contributed by atoms with Crippen LogP contribution in [0.25, 0.3) is 5.65 Å². The van der Waals surface area contributed by atoms with Gasteiger partial charge < -0.3 is 10.2 Å². The SMILES string of the molecule is CC(NCc1nnc2cccnn12)C1CN(C)CCN1C. The third kappa shape index (κ3) is 3.04. The zero-order valence-corrected chi connectivity index (χ0v) is 12.9. The van der Waals surface area contributed by atoms with Gasteiger partial charge in [0.15, 0.2) is 11.5 Å². The molecule has 1 fully saturated rings. The van der Waals surface area contributed by atoms with Gasteiger partial charge in [-0.15, -0.1) is 10.2 Å². The van der Waals surface area contributed by atoms with E-state index in [1.54, 1.807) is 10.7 Å². The summed E-state index contributed by atoms with van der Waals surface area (Å²) in [6.45, 7) is 6.24. The van der Waals surface area contributed by atoms with Crippen LogP contribution in [-0.4, -0.2) is 75.4 Å². The third-order valence-electron chi connectivity index (χ3n) is 4.30. The van der Waals surface area contributed by atoms with Crippen molar-refractivity contribution in [3.05, 3.63) is 24.2 Å². The fourth-order valence-electron chi connectivity index (χ4n) is 2.87. The Bertz CT molecular complexity index is 596. The molecule has 1 N–H and O–H groups in total. The number of hydrogen-bond acceptors (Lipinski definition) is 6. The molecule has 3 rings (SSSR count). The normalized spacial score (nSPS) is 22.7. The second kappa shape index (κ2) is 6.05. The lowest BCUT2D eigenvalue weighted by Crippen LogP contribution is -2.57. The zero-order chi connectivity index (χ0) is 14.8. The van der Waals surface area contributed by atoms with Crippen LogP contribution in [0.2, 0.25) is 0 Å². The minimum Gasteiger partial charge on any atom is -0.306 e. The van der Waals surface area contributed by atoms with Crippen LogP contribution in [0.5, 0.6) is 0 Å². The Morgan fingerprint density at radius 2 is 2.19 bits per heavy atom. The third-order valence-corrected chi connectivity index (χ3v) is 4.30. The smallest absolute Gasteiger partial charge is 0.177 e. The second-order valence-corrected chi connectivity index (χ2v) is 5.89. The summed E-state index contributed by atoms with van der Waals surface area (Å²) >= 11 is 0. The number of aromatic nitrogens is 4. The minimum atomic E-state index is 0.383. The first-order valence-corrected chi connectivity index (χ1v) is 7.42. The van der Waals surface area contributed by atoms with Gasteiger partial charge >= 0.3 is 0 Å². The first kappa shape index (κ1) is 14.4. The van der Waals surface area contributed by atoms with Crippen LogP contribution < -0.4 is 5.32 Å². The lowest BCUT2D eigenvalue weighted by molar-refractivity contribution is 0.0914. The first-order valence-electron chi connectivity index (χ1n) is 7.42. The van der Waals surface area contributed by atoms with Crippen molar-refractivity contribution in [1.29, 1.82) is 0 Å². The summed E-state index contributed by atoms with van der Waals surface area (Å²) in [5.74, 6) is 0.851. The molecule has 0 amide bonds. The maximum Gasteiger partial charge on any atom is 0.177 e. The van der Waals surface area contributed by atoms with Crippen LogP contribution in [0.15, 0.2) is 18.3 Å². The Labute approximate surface area is 124 Å². The van der Waals surface area contributed by atoms with Crippen molar-refractivity contribution in [2.75, 3.05) is 33.7 Å². The molecule has 2 atom stereocenters. The lowest BCUT2D eigenvalue weighted by atomic mass is 10.1. The largest absolute Gasteiger partial charge is 0.306 e. The average Bonchev–Trinajstić information content (AvgIpc) is 2.90. The molecule has 1 aliphatic rings. The molecular formula is C14H23N7. The second-order valence-electron chi connectivity index (χ2n) is 5.89. The predicted octanol–water partition coefficient (Wildman–Crippen LogP) is -0.152. The highest BCUT2D eigenvalue weighted by molar-refractivity contribution is 5.34. The molecule has 3 heterocycles. The highest BCUT2D eigenvalue weighted by Crippen LogP contribution is 2.10. The van der Waals surface area contributed by atoms with E-state index < -0.39 is 0 Å². The summed E-state index contributed by atoms with van der Waals surface area (Å²) in [7, 11) is 4.38. The Hall–Kier alpha value is -1.57. The van der Waals surface area contributed by atoms with E-state index in [1.807, 2.05) is 12.1 Å². The van der Waals surface area contributed by atoms with Crippen LogP contribution in [-0.2, 0) is 6.54 Å². The predicted molar refractivity (Wildman–Crippen MR) is 81.0 cm³/mol. The summed E-state index contributed by atoms with van der Waals surface area (Å²) in [4.78, 5) is 4.81. The van der Waals surface area contributed by atoms with Gasteiger partial charge in [-0.05, 0) is 33.2 Å². The van der Waals surface area contributed by atoms with Crippen LogP contribution in [0.4, 0.5) is 0 Å². The van der Waals surface area contributed by atoms with Crippen molar-refractivity contribution < 1.29 is 0 Å². The molecule has 0 bridgehead atoms. The highest BCUT2D eigenvalue weighted by Gasteiger charge is 2.27. The van der Waals surface area contributed by atoms with Crippen LogP contribution in [0, 0.1) is 0 Å². The topological polar surface area (TPSA) is 61.6 Å². The average molecular weight is 289 g/mol. The molecule has 0 saturated carbocycles. The van der Waals surface area contributed by atoms with E-state index in [9.17, 15) is 0 Å². The molecule has 0 aromatic carbocycles. The van der Waals surface area contributed by atoms with Gasteiger partial charge in [0.05, 0.1) is 6.54 Å². The number of nitrogens with one attached hydrogen (secondary N) is 1.